The number of anilines is 2. The van der Waals surface area contributed by atoms with Crippen LogP contribution in [0.2, 0.25) is 0 Å². The molecule has 31 heavy (non-hydrogen) atoms. The second-order valence-corrected chi connectivity index (χ2v) is 7.64. The van der Waals surface area contributed by atoms with E-state index in [9.17, 15) is 18.0 Å². The average molecular weight is 425 g/mol. The summed E-state index contributed by atoms with van der Waals surface area (Å²) in [6, 6.07) is 12.1. The summed E-state index contributed by atoms with van der Waals surface area (Å²) in [6.07, 6.45) is 0.484. The SMILES string of the molecule is O=C(c1cccc2cc(Nc3n[nH]c4ncc(F)cc34)ccc12)N1CCC(F)(F)CC1. The summed E-state index contributed by atoms with van der Waals surface area (Å²) in [5.74, 6) is -2.98. The molecule has 0 atom stereocenters. The molecule has 2 N–H and O–H groups in total. The number of rotatable bonds is 3. The number of pyridine rings is 1. The van der Waals surface area contributed by atoms with E-state index >= 15 is 0 Å². The van der Waals surface area contributed by atoms with E-state index in [1.807, 2.05) is 12.1 Å². The molecule has 2 aromatic carbocycles. The van der Waals surface area contributed by atoms with Gasteiger partial charge >= 0.3 is 0 Å². The van der Waals surface area contributed by atoms with Crippen LogP contribution in [0.4, 0.5) is 24.7 Å². The van der Waals surface area contributed by atoms with Gasteiger partial charge in [0.25, 0.3) is 11.8 Å². The first-order valence-electron chi connectivity index (χ1n) is 9.86. The largest absolute Gasteiger partial charge is 0.338 e. The number of fused-ring (bicyclic) bond motifs is 2. The van der Waals surface area contributed by atoms with Crippen molar-refractivity contribution in [2.75, 3.05) is 18.4 Å². The predicted molar refractivity (Wildman–Crippen MR) is 111 cm³/mol. The van der Waals surface area contributed by atoms with E-state index < -0.39 is 11.7 Å². The number of hydrogen-bond acceptors (Lipinski definition) is 4. The van der Waals surface area contributed by atoms with Crippen LogP contribution in [-0.4, -0.2) is 45.0 Å². The molecule has 0 spiro atoms. The van der Waals surface area contributed by atoms with Gasteiger partial charge in [0.05, 0.1) is 11.6 Å². The van der Waals surface area contributed by atoms with E-state index in [1.165, 1.54) is 11.0 Å². The Morgan fingerprint density at radius 2 is 1.90 bits per heavy atom. The van der Waals surface area contributed by atoms with Gasteiger partial charge in [-0.15, -0.1) is 0 Å². The van der Waals surface area contributed by atoms with Crippen LogP contribution in [0.25, 0.3) is 21.8 Å². The van der Waals surface area contributed by atoms with Gasteiger partial charge in [-0.3, -0.25) is 9.89 Å². The molecule has 0 aliphatic carbocycles. The molecule has 0 unspecified atom stereocenters. The zero-order chi connectivity index (χ0) is 21.6. The number of nitrogens with zero attached hydrogens (tertiary/aromatic N) is 3. The molecule has 2 aromatic heterocycles. The Morgan fingerprint density at radius 3 is 2.71 bits per heavy atom. The normalized spacial score (nSPS) is 16.0. The van der Waals surface area contributed by atoms with E-state index in [4.69, 9.17) is 0 Å². The van der Waals surface area contributed by atoms with Crippen LogP contribution in [0.3, 0.4) is 0 Å². The summed E-state index contributed by atoms with van der Waals surface area (Å²) in [4.78, 5) is 18.4. The van der Waals surface area contributed by atoms with Gasteiger partial charge in [-0.1, -0.05) is 18.2 Å². The lowest BCUT2D eigenvalue weighted by atomic mass is 10.0. The molecule has 1 aliphatic heterocycles. The maximum absolute atomic E-state index is 13.5. The minimum atomic E-state index is -2.70. The third-order valence-electron chi connectivity index (χ3n) is 5.54. The second kappa shape index (κ2) is 7.26. The van der Waals surface area contributed by atoms with Crippen molar-refractivity contribution in [3.05, 3.63) is 60.0 Å². The van der Waals surface area contributed by atoms with E-state index in [0.717, 1.165) is 17.0 Å². The minimum absolute atomic E-state index is 0.0404. The van der Waals surface area contributed by atoms with Gasteiger partial charge in [0.1, 0.15) is 5.82 Å². The molecule has 0 bridgehead atoms. The molecule has 4 aromatic rings. The minimum Gasteiger partial charge on any atom is -0.338 e. The summed E-state index contributed by atoms with van der Waals surface area (Å²) < 4.78 is 40.4. The van der Waals surface area contributed by atoms with Crippen LogP contribution in [0.15, 0.2) is 48.7 Å². The van der Waals surface area contributed by atoms with Gasteiger partial charge in [-0.2, -0.15) is 5.10 Å². The summed E-state index contributed by atoms with van der Waals surface area (Å²) in [5, 5.41) is 12.1. The first kappa shape index (κ1) is 19.3. The standard InChI is InChI=1S/C22H18F3N5O/c23-14-11-18-19(26-12-14)28-29-20(18)27-15-4-5-16-13(10-15)2-1-3-17(16)21(31)30-8-6-22(24,25)7-9-30/h1-5,10-12H,6-9H2,(H2,26,27,28,29). The lowest BCUT2D eigenvalue weighted by Crippen LogP contribution is -2.42. The van der Waals surface area contributed by atoms with Crippen molar-refractivity contribution < 1.29 is 18.0 Å². The highest BCUT2D eigenvalue weighted by Gasteiger charge is 2.36. The monoisotopic (exact) mass is 425 g/mol. The maximum Gasteiger partial charge on any atom is 0.254 e. The van der Waals surface area contributed by atoms with Crippen molar-refractivity contribution in [2.45, 2.75) is 18.8 Å². The number of alkyl halides is 2. The number of aromatic amines is 1. The van der Waals surface area contributed by atoms with Crippen LogP contribution >= 0.6 is 0 Å². The van der Waals surface area contributed by atoms with Crippen LogP contribution in [-0.2, 0) is 0 Å². The number of likely N-dealkylation sites (tertiary alicyclic amines) is 1. The fourth-order valence-corrected chi connectivity index (χ4v) is 3.87. The molecule has 5 rings (SSSR count). The van der Waals surface area contributed by atoms with E-state index in [-0.39, 0.29) is 31.8 Å². The molecule has 1 amide bonds. The Bertz CT molecular complexity index is 1290. The molecule has 1 fully saturated rings. The van der Waals surface area contributed by atoms with Crippen molar-refractivity contribution >= 4 is 39.2 Å². The number of carbonyl (C=O) groups excluding carboxylic acids is 1. The van der Waals surface area contributed by atoms with Crippen molar-refractivity contribution in [3.63, 3.8) is 0 Å². The average Bonchev–Trinajstić information content (AvgIpc) is 3.14. The molecule has 9 heteroatoms. The maximum atomic E-state index is 13.5. The van der Waals surface area contributed by atoms with Gasteiger partial charge in [-0.25, -0.2) is 18.2 Å². The van der Waals surface area contributed by atoms with E-state index in [1.54, 1.807) is 24.3 Å². The predicted octanol–water partition coefficient (Wildman–Crippen LogP) is 4.87. The lowest BCUT2D eigenvalue weighted by molar-refractivity contribution is -0.0493. The quantitative estimate of drug-likeness (QED) is 0.491. The van der Waals surface area contributed by atoms with Crippen molar-refractivity contribution in [3.8, 4) is 0 Å². The number of benzene rings is 2. The van der Waals surface area contributed by atoms with Crippen LogP contribution in [0, 0.1) is 5.82 Å². The molecule has 158 valence electrons. The Kier molecular flexibility index (Phi) is 4.53. The second-order valence-electron chi connectivity index (χ2n) is 7.64. The van der Waals surface area contributed by atoms with Crippen LogP contribution < -0.4 is 5.32 Å². The fraction of sp³-hybridized carbons (Fsp3) is 0.227. The number of halogens is 3. The number of piperidine rings is 1. The molecule has 0 saturated carbocycles. The smallest absolute Gasteiger partial charge is 0.254 e. The number of H-pyrrole nitrogens is 1. The van der Waals surface area contributed by atoms with Gasteiger partial charge in [0.15, 0.2) is 11.5 Å². The first-order valence-corrected chi connectivity index (χ1v) is 9.86. The highest BCUT2D eigenvalue weighted by atomic mass is 19.3. The third-order valence-corrected chi connectivity index (χ3v) is 5.54. The zero-order valence-corrected chi connectivity index (χ0v) is 16.3. The number of hydrogen-bond donors (Lipinski definition) is 2. The Morgan fingerprint density at radius 1 is 1.10 bits per heavy atom. The highest BCUT2D eigenvalue weighted by Crippen LogP contribution is 2.31. The molecule has 3 heterocycles. The summed E-state index contributed by atoms with van der Waals surface area (Å²) in [5.41, 5.74) is 1.64. The zero-order valence-electron chi connectivity index (χ0n) is 16.3. The molecule has 0 radical (unpaired) electrons. The highest BCUT2D eigenvalue weighted by molar-refractivity contribution is 6.07. The molecule has 1 aliphatic rings. The van der Waals surface area contributed by atoms with Gasteiger partial charge in [-0.05, 0) is 35.0 Å². The number of amides is 1. The topological polar surface area (TPSA) is 73.9 Å². The summed E-state index contributed by atoms with van der Waals surface area (Å²) in [7, 11) is 0. The Balaban J connectivity index is 1.43. The van der Waals surface area contributed by atoms with Crippen molar-refractivity contribution in [1.82, 2.24) is 20.1 Å². The Hall–Kier alpha value is -3.62. The number of aromatic nitrogens is 3. The van der Waals surface area contributed by atoms with Crippen LogP contribution in [0.1, 0.15) is 23.2 Å². The van der Waals surface area contributed by atoms with Crippen molar-refractivity contribution in [1.29, 1.82) is 0 Å². The molecular formula is C22H18F3N5O. The number of nitrogens with one attached hydrogen (secondary N) is 2. The summed E-state index contributed by atoms with van der Waals surface area (Å²) in [6.45, 7) is 0.0807. The van der Waals surface area contributed by atoms with Gasteiger partial charge < -0.3 is 10.2 Å². The Labute approximate surface area is 175 Å². The molecular weight excluding hydrogens is 407 g/mol. The van der Waals surface area contributed by atoms with Crippen molar-refractivity contribution in [2.24, 2.45) is 0 Å². The number of carbonyl (C=O) groups is 1. The van der Waals surface area contributed by atoms with E-state index in [2.05, 4.69) is 20.5 Å². The molecule has 6 nitrogen and oxygen atoms in total. The van der Waals surface area contributed by atoms with Gasteiger partial charge in [0, 0.05) is 37.2 Å². The fourth-order valence-electron chi connectivity index (χ4n) is 3.87. The molecule has 1 saturated heterocycles. The van der Waals surface area contributed by atoms with E-state index in [0.29, 0.717) is 28.1 Å². The lowest BCUT2D eigenvalue weighted by Gasteiger charge is -2.32. The van der Waals surface area contributed by atoms with Crippen LogP contribution in [0.5, 0.6) is 0 Å². The first-order chi connectivity index (χ1) is 14.9. The summed E-state index contributed by atoms with van der Waals surface area (Å²) >= 11 is 0. The third kappa shape index (κ3) is 3.67. The van der Waals surface area contributed by atoms with Gasteiger partial charge in [0.2, 0.25) is 0 Å².